The number of nitrogens with zero attached hydrogens (tertiary/aromatic N) is 5. The lowest BCUT2D eigenvalue weighted by molar-refractivity contribution is 0.0519. The number of ether oxygens (including phenoxy) is 3. The Labute approximate surface area is 222 Å². The highest BCUT2D eigenvalue weighted by atomic mass is 16.5. The summed E-state index contributed by atoms with van der Waals surface area (Å²) in [6, 6.07) is 14.9. The van der Waals surface area contributed by atoms with Crippen molar-refractivity contribution in [2.75, 3.05) is 81.4 Å². The van der Waals surface area contributed by atoms with Gasteiger partial charge >= 0.3 is 0 Å². The number of hydrogen-bond donors (Lipinski definition) is 3. The highest BCUT2D eigenvalue weighted by molar-refractivity contribution is 5.94. The molecule has 12 heteroatoms. The Kier molecular flexibility index (Phi) is 11.0. The first-order valence-corrected chi connectivity index (χ1v) is 12.7. The van der Waals surface area contributed by atoms with E-state index in [1.54, 1.807) is 18.3 Å². The standard InChI is InChI=1S/C26H34N8O4/c35-23(21-6-2-1-3-7-21)28-10-14-36-18-19-37-15-11-29-24-31-25(30-20-22-8-4-5-9-27-22)33-26(32-24)34-12-16-38-17-13-34/h1-9H,10-20H2,(H,28,35)(H2,29,30,31,32,33). The molecule has 3 N–H and O–H groups in total. The zero-order valence-corrected chi connectivity index (χ0v) is 21.3. The number of hydrogen-bond acceptors (Lipinski definition) is 11. The molecule has 1 saturated heterocycles. The van der Waals surface area contributed by atoms with Crippen molar-refractivity contribution in [3.63, 3.8) is 0 Å². The molecule has 0 radical (unpaired) electrons. The predicted octanol–water partition coefficient (Wildman–Crippen LogP) is 1.59. The van der Waals surface area contributed by atoms with Crippen LogP contribution in [-0.2, 0) is 20.8 Å². The molecule has 2 aromatic heterocycles. The van der Waals surface area contributed by atoms with E-state index in [1.807, 2.05) is 36.4 Å². The van der Waals surface area contributed by atoms with Crippen LogP contribution in [0.2, 0.25) is 0 Å². The molecule has 1 aromatic carbocycles. The average Bonchev–Trinajstić information content (AvgIpc) is 2.98. The zero-order chi connectivity index (χ0) is 26.3. The van der Waals surface area contributed by atoms with E-state index in [9.17, 15) is 4.79 Å². The van der Waals surface area contributed by atoms with E-state index in [0.717, 1.165) is 18.8 Å². The van der Waals surface area contributed by atoms with Crippen LogP contribution in [0.4, 0.5) is 17.8 Å². The first-order valence-electron chi connectivity index (χ1n) is 12.7. The average molecular weight is 523 g/mol. The first-order chi connectivity index (χ1) is 18.8. The molecule has 4 rings (SSSR count). The first kappa shape index (κ1) is 27.2. The van der Waals surface area contributed by atoms with E-state index in [0.29, 0.717) is 82.7 Å². The van der Waals surface area contributed by atoms with Gasteiger partial charge in [0.1, 0.15) is 0 Å². The fourth-order valence-corrected chi connectivity index (χ4v) is 3.59. The SMILES string of the molecule is O=C(NCCOCCOCCNc1nc(NCc2ccccn2)nc(N2CCOCC2)n1)c1ccccc1. The van der Waals surface area contributed by atoms with Gasteiger partial charge in [-0.3, -0.25) is 9.78 Å². The van der Waals surface area contributed by atoms with Crippen LogP contribution in [-0.4, -0.2) is 91.7 Å². The smallest absolute Gasteiger partial charge is 0.251 e. The third-order valence-corrected chi connectivity index (χ3v) is 5.54. The summed E-state index contributed by atoms with van der Waals surface area (Å²) >= 11 is 0. The van der Waals surface area contributed by atoms with Gasteiger partial charge in [0.15, 0.2) is 0 Å². The molecule has 38 heavy (non-hydrogen) atoms. The molecule has 0 bridgehead atoms. The predicted molar refractivity (Wildman–Crippen MR) is 143 cm³/mol. The number of morpholine rings is 1. The van der Waals surface area contributed by atoms with Crippen molar-refractivity contribution >= 4 is 23.8 Å². The number of benzene rings is 1. The number of rotatable bonds is 15. The summed E-state index contributed by atoms with van der Waals surface area (Å²) in [5.41, 5.74) is 1.53. The second-order valence-electron chi connectivity index (χ2n) is 8.33. The largest absolute Gasteiger partial charge is 0.378 e. The van der Waals surface area contributed by atoms with Crippen LogP contribution in [0.3, 0.4) is 0 Å². The Morgan fingerprint density at radius 1 is 0.842 bits per heavy atom. The Morgan fingerprint density at radius 3 is 2.29 bits per heavy atom. The Hall–Kier alpha value is -3.87. The summed E-state index contributed by atoms with van der Waals surface area (Å²) < 4.78 is 16.6. The molecule has 202 valence electrons. The Balaban J connectivity index is 1.15. The van der Waals surface area contributed by atoms with Crippen molar-refractivity contribution in [3.05, 3.63) is 66.0 Å². The third kappa shape index (κ3) is 9.21. The van der Waals surface area contributed by atoms with Crippen molar-refractivity contribution in [1.82, 2.24) is 25.3 Å². The molecule has 1 amide bonds. The van der Waals surface area contributed by atoms with E-state index >= 15 is 0 Å². The summed E-state index contributed by atoms with van der Waals surface area (Å²) in [5.74, 6) is 1.44. The summed E-state index contributed by atoms with van der Waals surface area (Å²) in [6.45, 7) is 5.97. The van der Waals surface area contributed by atoms with Gasteiger partial charge in [0.25, 0.3) is 5.91 Å². The van der Waals surface area contributed by atoms with Crippen molar-refractivity contribution in [2.45, 2.75) is 6.54 Å². The normalized spacial score (nSPS) is 13.2. The molecule has 1 aliphatic heterocycles. The number of amides is 1. The Morgan fingerprint density at radius 2 is 1.55 bits per heavy atom. The van der Waals surface area contributed by atoms with Crippen LogP contribution >= 0.6 is 0 Å². The monoisotopic (exact) mass is 522 g/mol. The number of carbonyl (C=O) groups excluding carboxylic acids is 1. The van der Waals surface area contributed by atoms with Gasteiger partial charge in [0, 0.05) is 37.9 Å². The lowest BCUT2D eigenvalue weighted by Crippen LogP contribution is -2.37. The quantitative estimate of drug-likeness (QED) is 0.251. The summed E-state index contributed by atoms with van der Waals surface area (Å²) in [5, 5.41) is 9.27. The molecule has 3 heterocycles. The number of pyridine rings is 1. The maximum absolute atomic E-state index is 12.0. The number of aromatic nitrogens is 4. The fraction of sp³-hybridized carbons (Fsp3) is 0.423. The van der Waals surface area contributed by atoms with Gasteiger partial charge in [0.05, 0.1) is 51.9 Å². The van der Waals surface area contributed by atoms with Crippen molar-refractivity contribution < 1.29 is 19.0 Å². The molecular formula is C26H34N8O4. The van der Waals surface area contributed by atoms with Crippen LogP contribution in [0.15, 0.2) is 54.7 Å². The van der Waals surface area contributed by atoms with Crippen LogP contribution in [0, 0.1) is 0 Å². The topological polar surface area (TPSA) is 136 Å². The van der Waals surface area contributed by atoms with E-state index < -0.39 is 0 Å². The molecule has 1 aliphatic rings. The lowest BCUT2D eigenvalue weighted by Gasteiger charge is -2.27. The van der Waals surface area contributed by atoms with Gasteiger partial charge in [0.2, 0.25) is 17.8 Å². The lowest BCUT2D eigenvalue weighted by atomic mass is 10.2. The van der Waals surface area contributed by atoms with E-state index in [4.69, 9.17) is 14.2 Å². The minimum absolute atomic E-state index is 0.110. The maximum Gasteiger partial charge on any atom is 0.251 e. The highest BCUT2D eigenvalue weighted by Gasteiger charge is 2.16. The van der Waals surface area contributed by atoms with E-state index in [1.165, 1.54) is 0 Å². The van der Waals surface area contributed by atoms with Gasteiger partial charge in [-0.1, -0.05) is 24.3 Å². The third-order valence-electron chi connectivity index (χ3n) is 5.54. The molecule has 0 saturated carbocycles. The number of carbonyl (C=O) groups is 1. The number of anilines is 3. The molecule has 0 unspecified atom stereocenters. The molecule has 0 spiro atoms. The van der Waals surface area contributed by atoms with E-state index in [2.05, 4.69) is 40.8 Å². The molecule has 0 atom stereocenters. The van der Waals surface area contributed by atoms with Crippen LogP contribution < -0.4 is 20.9 Å². The van der Waals surface area contributed by atoms with Crippen molar-refractivity contribution in [3.8, 4) is 0 Å². The minimum atomic E-state index is -0.110. The van der Waals surface area contributed by atoms with Crippen molar-refractivity contribution in [1.29, 1.82) is 0 Å². The van der Waals surface area contributed by atoms with Gasteiger partial charge in [-0.2, -0.15) is 15.0 Å². The Bertz CT molecular complexity index is 1100. The second kappa shape index (κ2) is 15.4. The summed E-state index contributed by atoms with van der Waals surface area (Å²) in [4.78, 5) is 32.1. The molecule has 12 nitrogen and oxygen atoms in total. The molecule has 0 aliphatic carbocycles. The van der Waals surface area contributed by atoms with Crippen LogP contribution in [0.5, 0.6) is 0 Å². The summed E-state index contributed by atoms with van der Waals surface area (Å²) in [7, 11) is 0. The second-order valence-corrected chi connectivity index (χ2v) is 8.33. The van der Waals surface area contributed by atoms with Crippen LogP contribution in [0.25, 0.3) is 0 Å². The van der Waals surface area contributed by atoms with Gasteiger partial charge < -0.3 is 35.1 Å². The fourth-order valence-electron chi connectivity index (χ4n) is 3.59. The van der Waals surface area contributed by atoms with Gasteiger partial charge in [-0.15, -0.1) is 0 Å². The molecule has 1 fully saturated rings. The number of nitrogens with one attached hydrogen (secondary N) is 3. The summed E-state index contributed by atoms with van der Waals surface area (Å²) in [6.07, 6.45) is 1.76. The molecule has 3 aromatic rings. The van der Waals surface area contributed by atoms with Crippen LogP contribution in [0.1, 0.15) is 16.1 Å². The maximum atomic E-state index is 12.0. The zero-order valence-electron chi connectivity index (χ0n) is 21.3. The van der Waals surface area contributed by atoms with Gasteiger partial charge in [-0.05, 0) is 24.3 Å². The minimum Gasteiger partial charge on any atom is -0.378 e. The molecular weight excluding hydrogens is 488 g/mol. The highest BCUT2D eigenvalue weighted by Crippen LogP contribution is 2.15. The van der Waals surface area contributed by atoms with Gasteiger partial charge in [-0.25, -0.2) is 0 Å². The van der Waals surface area contributed by atoms with E-state index in [-0.39, 0.29) is 5.91 Å². The van der Waals surface area contributed by atoms with Crippen molar-refractivity contribution in [2.24, 2.45) is 0 Å².